The summed E-state index contributed by atoms with van der Waals surface area (Å²) in [6.07, 6.45) is 0. The third kappa shape index (κ3) is 3.27. The van der Waals surface area contributed by atoms with E-state index in [0.717, 1.165) is 17.0 Å². The number of aromatic carboxylic acids is 2. The number of nitrogens with zero attached hydrogens (tertiary/aromatic N) is 1. The Kier molecular flexibility index (Phi) is 4.78. The second kappa shape index (κ2) is 7.47. The Balaban J connectivity index is 1.69. The van der Waals surface area contributed by atoms with Crippen LogP contribution in [0.25, 0.3) is 0 Å². The van der Waals surface area contributed by atoms with Crippen LogP contribution in [0.5, 0.6) is 5.75 Å². The van der Waals surface area contributed by atoms with Gasteiger partial charge < -0.3 is 15.3 Å². The first-order valence-corrected chi connectivity index (χ1v) is 9.16. The molecule has 158 valence electrons. The van der Waals surface area contributed by atoms with Gasteiger partial charge in [-0.05, 0) is 42.5 Å². The van der Waals surface area contributed by atoms with Crippen molar-refractivity contribution in [1.29, 1.82) is 0 Å². The normalized spacial score (nSPS) is 12.6. The lowest BCUT2D eigenvalue weighted by Gasteiger charge is -2.14. The highest BCUT2D eigenvalue weighted by molar-refractivity contribution is 6.35. The molecule has 0 unspecified atom stereocenters. The number of carboxylic acids is 2. The fraction of sp³-hybridized carbons (Fsp3) is 0. The number of hydrogen-bond donors (Lipinski definition) is 3. The summed E-state index contributed by atoms with van der Waals surface area (Å²) in [5.74, 6) is -4.99. The van der Waals surface area contributed by atoms with Crippen molar-refractivity contribution in [1.82, 2.24) is 0 Å². The van der Waals surface area contributed by atoms with Crippen molar-refractivity contribution < 1.29 is 39.3 Å². The molecule has 3 aromatic carbocycles. The molecule has 1 aliphatic heterocycles. The number of rotatable bonds is 5. The largest absolute Gasteiger partial charge is 0.507 e. The molecule has 0 atom stereocenters. The molecule has 0 saturated heterocycles. The van der Waals surface area contributed by atoms with E-state index in [2.05, 4.69) is 0 Å². The van der Waals surface area contributed by atoms with Crippen LogP contribution >= 0.6 is 0 Å². The fourth-order valence-electron chi connectivity index (χ4n) is 3.38. The predicted molar refractivity (Wildman–Crippen MR) is 109 cm³/mol. The molecule has 9 nitrogen and oxygen atoms in total. The van der Waals surface area contributed by atoms with Crippen LogP contribution in [0.4, 0.5) is 5.69 Å². The quantitative estimate of drug-likeness (QED) is 0.412. The van der Waals surface area contributed by atoms with Crippen LogP contribution in [0.2, 0.25) is 0 Å². The van der Waals surface area contributed by atoms with Gasteiger partial charge in [-0.25, -0.2) is 14.5 Å². The second-order valence-electron chi connectivity index (χ2n) is 6.92. The summed E-state index contributed by atoms with van der Waals surface area (Å²) in [6.45, 7) is 0. The summed E-state index contributed by atoms with van der Waals surface area (Å²) < 4.78 is 0. The van der Waals surface area contributed by atoms with E-state index in [0.29, 0.717) is 0 Å². The summed E-state index contributed by atoms with van der Waals surface area (Å²) in [7, 11) is 0. The van der Waals surface area contributed by atoms with E-state index in [1.54, 1.807) is 0 Å². The minimum absolute atomic E-state index is 0.0153. The standard InChI is InChI=1S/C23H13NO8/c25-18-8-6-14(10-17(18)23(31)32)24-20(27)15-7-5-13(9-16(15)21(24)28)19(26)11-1-3-12(4-2-11)22(29)30/h1-10,25H,(H,29,30)(H,31,32). The molecule has 1 heterocycles. The van der Waals surface area contributed by atoms with Gasteiger partial charge in [0.05, 0.1) is 22.4 Å². The van der Waals surface area contributed by atoms with E-state index in [1.165, 1.54) is 48.5 Å². The molecule has 4 rings (SSSR count). The lowest BCUT2D eigenvalue weighted by atomic mass is 9.98. The Morgan fingerprint density at radius 2 is 1.25 bits per heavy atom. The molecule has 2 amide bonds. The smallest absolute Gasteiger partial charge is 0.339 e. The van der Waals surface area contributed by atoms with Crippen molar-refractivity contribution in [2.75, 3.05) is 4.90 Å². The number of imide groups is 1. The Morgan fingerprint density at radius 1 is 0.656 bits per heavy atom. The zero-order valence-electron chi connectivity index (χ0n) is 16.1. The van der Waals surface area contributed by atoms with Crippen LogP contribution in [-0.2, 0) is 0 Å². The van der Waals surface area contributed by atoms with Crippen LogP contribution < -0.4 is 4.90 Å². The van der Waals surface area contributed by atoms with Gasteiger partial charge in [0, 0.05) is 11.1 Å². The SMILES string of the molecule is O=C(O)c1ccc(C(=O)c2ccc3c(c2)C(=O)N(c2ccc(O)c(C(=O)O)c2)C3=O)cc1. The van der Waals surface area contributed by atoms with Gasteiger partial charge in [0.1, 0.15) is 11.3 Å². The summed E-state index contributed by atoms with van der Waals surface area (Å²) in [4.78, 5) is 61.5. The molecule has 0 spiro atoms. The summed E-state index contributed by atoms with van der Waals surface area (Å²) in [6, 6.07) is 12.5. The van der Waals surface area contributed by atoms with Gasteiger partial charge in [0.2, 0.25) is 0 Å². The van der Waals surface area contributed by atoms with Crippen LogP contribution in [0.1, 0.15) is 57.4 Å². The van der Waals surface area contributed by atoms with Gasteiger partial charge in [-0.3, -0.25) is 14.4 Å². The zero-order valence-corrected chi connectivity index (χ0v) is 16.1. The van der Waals surface area contributed by atoms with Gasteiger partial charge >= 0.3 is 11.9 Å². The predicted octanol–water partition coefficient (Wildman–Crippen LogP) is 2.82. The molecule has 1 aliphatic rings. The number of fused-ring (bicyclic) bond motifs is 1. The van der Waals surface area contributed by atoms with Crippen molar-refractivity contribution >= 4 is 35.2 Å². The third-order valence-corrected chi connectivity index (χ3v) is 5.01. The molecule has 9 heteroatoms. The Labute approximate surface area is 179 Å². The minimum Gasteiger partial charge on any atom is -0.507 e. The Morgan fingerprint density at radius 3 is 1.88 bits per heavy atom. The molecular formula is C23H13NO8. The maximum Gasteiger partial charge on any atom is 0.339 e. The van der Waals surface area contributed by atoms with E-state index in [9.17, 15) is 34.2 Å². The number of hydrogen-bond acceptors (Lipinski definition) is 6. The van der Waals surface area contributed by atoms with Crippen LogP contribution in [0, 0.1) is 0 Å². The summed E-state index contributed by atoms with van der Waals surface area (Å²) in [5, 5.41) is 27.8. The fourth-order valence-corrected chi connectivity index (χ4v) is 3.38. The van der Waals surface area contributed by atoms with E-state index in [-0.39, 0.29) is 33.5 Å². The first-order chi connectivity index (χ1) is 15.2. The van der Waals surface area contributed by atoms with Crippen molar-refractivity contribution in [3.8, 4) is 5.75 Å². The number of carboxylic acid groups (broad SMARTS) is 2. The highest BCUT2D eigenvalue weighted by Gasteiger charge is 2.37. The van der Waals surface area contributed by atoms with E-state index in [4.69, 9.17) is 5.11 Å². The lowest BCUT2D eigenvalue weighted by molar-refractivity contribution is 0.0684. The number of phenols is 1. The van der Waals surface area contributed by atoms with Crippen molar-refractivity contribution in [3.63, 3.8) is 0 Å². The van der Waals surface area contributed by atoms with Gasteiger partial charge in [0.25, 0.3) is 11.8 Å². The Hall–Kier alpha value is -4.79. The zero-order chi connectivity index (χ0) is 23.2. The number of carbonyl (C=O) groups excluding carboxylic acids is 3. The molecule has 3 N–H and O–H groups in total. The maximum absolute atomic E-state index is 12.9. The second-order valence-corrected chi connectivity index (χ2v) is 6.92. The maximum atomic E-state index is 12.9. The van der Waals surface area contributed by atoms with Crippen LogP contribution in [0.3, 0.4) is 0 Å². The molecule has 0 radical (unpaired) electrons. The lowest BCUT2D eigenvalue weighted by Crippen LogP contribution is -2.29. The first kappa shape index (κ1) is 20.5. The molecule has 0 bridgehead atoms. The molecule has 0 aliphatic carbocycles. The van der Waals surface area contributed by atoms with Crippen molar-refractivity contribution in [3.05, 3.63) is 94.0 Å². The van der Waals surface area contributed by atoms with Crippen LogP contribution in [0.15, 0.2) is 60.7 Å². The summed E-state index contributed by atoms with van der Waals surface area (Å²) in [5.41, 5.74) is -0.171. The molecule has 0 saturated carbocycles. The first-order valence-electron chi connectivity index (χ1n) is 9.16. The monoisotopic (exact) mass is 431 g/mol. The topological polar surface area (TPSA) is 149 Å². The molecule has 3 aromatic rings. The Bertz CT molecular complexity index is 1340. The van der Waals surface area contributed by atoms with Gasteiger partial charge in [0.15, 0.2) is 5.78 Å². The van der Waals surface area contributed by atoms with Crippen molar-refractivity contribution in [2.45, 2.75) is 0 Å². The van der Waals surface area contributed by atoms with Gasteiger partial charge in [-0.15, -0.1) is 0 Å². The minimum atomic E-state index is -1.43. The molecule has 0 aromatic heterocycles. The number of amides is 2. The van der Waals surface area contributed by atoms with Crippen LogP contribution in [-0.4, -0.2) is 44.9 Å². The average Bonchev–Trinajstić information content (AvgIpc) is 3.03. The number of ketones is 1. The molecule has 0 fully saturated rings. The van der Waals surface area contributed by atoms with E-state index < -0.39 is 40.8 Å². The summed E-state index contributed by atoms with van der Waals surface area (Å²) >= 11 is 0. The highest BCUT2D eigenvalue weighted by Crippen LogP contribution is 2.32. The van der Waals surface area contributed by atoms with Gasteiger partial charge in [-0.2, -0.15) is 0 Å². The van der Waals surface area contributed by atoms with E-state index in [1.807, 2.05) is 0 Å². The van der Waals surface area contributed by atoms with Gasteiger partial charge in [-0.1, -0.05) is 18.2 Å². The molecular weight excluding hydrogens is 418 g/mol. The van der Waals surface area contributed by atoms with E-state index >= 15 is 0 Å². The molecule has 32 heavy (non-hydrogen) atoms. The number of benzene rings is 3. The number of anilines is 1. The number of carbonyl (C=O) groups is 5. The highest BCUT2D eigenvalue weighted by atomic mass is 16.4. The third-order valence-electron chi connectivity index (χ3n) is 5.01. The number of aromatic hydroxyl groups is 1. The average molecular weight is 431 g/mol. The van der Waals surface area contributed by atoms with Crippen molar-refractivity contribution in [2.24, 2.45) is 0 Å².